The number of allylic oxidation sites excluding steroid dienone is 2. The Bertz CT molecular complexity index is 1360. The summed E-state index contributed by atoms with van der Waals surface area (Å²) in [5.74, 6) is 1.37. The Balaban J connectivity index is 1.32. The number of hydrogen-bond donors (Lipinski definition) is 2. The molecule has 3 aliphatic heterocycles. The zero-order valence-electron chi connectivity index (χ0n) is 27.6. The third-order valence-corrected chi connectivity index (χ3v) is 10.6. The number of anilines is 1. The van der Waals surface area contributed by atoms with E-state index >= 15 is 0 Å². The smallest absolute Gasteiger partial charge is 0.410 e. The highest BCUT2D eigenvalue weighted by atomic mass is 16.6. The Kier molecular flexibility index (Phi) is 8.60. The largest absolute Gasteiger partial charge is 0.511 e. The Morgan fingerprint density at radius 3 is 2.42 bits per heavy atom. The number of nitrogens with one attached hydrogen (secondary N) is 1. The van der Waals surface area contributed by atoms with Crippen LogP contribution in [-0.4, -0.2) is 99.0 Å². The summed E-state index contributed by atoms with van der Waals surface area (Å²) in [6.07, 6.45) is 8.26. The van der Waals surface area contributed by atoms with Crippen molar-refractivity contribution in [1.29, 1.82) is 5.41 Å². The van der Waals surface area contributed by atoms with Gasteiger partial charge in [0.2, 0.25) is 5.88 Å². The van der Waals surface area contributed by atoms with Crippen molar-refractivity contribution < 1.29 is 24.2 Å². The van der Waals surface area contributed by atoms with Crippen LogP contribution in [-0.2, 0) is 9.53 Å². The average molecular weight is 623 g/mol. The molecule has 0 radical (unpaired) electrons. The predicted octanol–water partition coefficient (Wildman–Crippen LogP) is 5.42. The molecule has 1 spiro atoms. The second-order valence-electron chi connectivity index (χ2n) is 14.8. The van der Waals surface area contributed by atoms with Gasteiger partial charge in [-0.2, -0.15) is 4.98 Å². The number of nitrogens with zero attached hydrogens (tertiary/aromatic N) is 5. The molecule has 0 aromatic carbocycles. The molecule has 2 bridgehead atoms. The minimum absolute atomic E-state index is 0.00540. The number of aliphatic hydroxyl groups excluding tert-OH is 1. The first kappa shape index (κ1) is 31.8. The molecule has 1 aromatic rings. The topological polar surface area (TPSA) is 132 Å². The van der Waals surface area contributed by atoms with Crippen molar-refractivity contribution in [3.05, 3.63) is 23.2 Å². The molecule has 4 fully saturated rings. The van der Waals surface area contributed by atoms with E-state index in [1.54, 1.807) is 0 Å². The molecule has 3 saturated heterocycles. The fourth-order valence-corrected chi connectivity index (χ4v) is 8.32. The van der Waals surface area contributed by atoms with E-state index in [0.717, 1.165) is 51.5 Å². The van der Waals surface area contributed by atoms with E-state index in [1.807, 2.05) is 31.7 Å². The number of piperazine rings is 1. The Hall–Kier alpha value is -3.21. The van der Waals surface area contributed by atoms with Crippen molar-refractivity contribution in [2.75, 3.05) is 31.6 Å². The van der Waals surface area contributed by atoms with E-state index in [4.69, 9.17) is 19.4 Å². The number of Topliss-reactive ketones (excluding diaryl/α,β-unsaturated/α-hetero) is 1. The molecule has 11 nitrogen and oxygen atoms in total. The van der Waals surface area contributed by atoms with Gasteiger partial charge in [-0.15, -0.1) is 0 Å². The van der Waals surface area contributed by atoms with Crippen LogP contribution in [0, 0.1) is 10.8 Å². The minimum Gasteiger partial charge on any atom is -0.511 e. The number of amides is 1. The molecule has 2 unspecified atom stereocenters. The second kappa shape index (κ2) is 12.2. The monoisotopic (exact) mass is 622 g/mol. The van der Waals surface area contributed by atoms with Crippen molar-refractivity contribution in [1.82, 2.24) is 19.8 Å². The molecule has 11 heteroatoms. The summed E-state index contributed by atoms with van der Waals surface area (Å²) in [6, 6.07) is 2.11. The Morgan fingerprint density at radius 2 is 1.78 bits per heavy atom. The highest BCUT2D eigenvalue weighted by Gasteiger charge is 2.48. The van der Waals surface area contributed by atoms with Crippen LogP contribution in [0.5, 0.6) is 5.88 Å². The lowest BCUT2D eigenvalue weighted by Crippen LogP contribution is -2.57. The van der Waals surface area contributed by atoms with Crippen LogP contribution in [0.15, 0.2) is 17.4 Å². The minimum atomic E-state index is -0.881. The SMILES string of the molecule is C[C@H](Oc1cc(N2CC3CCC(C2)N3C(=O)OC(C)(C)C)nc(C(=N)C2=C(O)[C@]3(CCCCC3=O)CCC2)n1)[C@@H]1CCCN1C. The number of aromatic nitrogens is 2. The van der Waals surface area contributed by atoms with E-state index in [0.29, 0.717) is 56.0 Å². The van der Waals surface area contributed by atoms with Gasteiger partial charge in [0.1, 0.15) is 34.8 Å². The van der Waals surface area contributed by atoms with Gasteiger partial charge in [-0.05, 0) is 99.1 Å². The quantitative estimate of drug-likeness (QED) is 0.399. The molecule has 2 aliphatic carbocycles. The lowest BCUT2D eigenvalue weighted by molar-refractivity contribution is -0.131. The summed E-state index contributed by atoms with van der Waals surface area (Å²) >= 11 is 0. The normalized spacial score (nSPS) is 29.8. The zero-order chi connectivity index (χ0) is 32.1. The molecular formula is C34H50N6O5. The van der Waals surface area contributed by atoms with Crippen LogP contribution in [0.1, 0.15) is 104 Å². The lowest BCUT2D eigenvalue weighted by Gasteiger charge is -2.42. The standard InChI is InChI=1S/C34H50N6O5/c1-21(25-11-9-17-38(25)5)44-28-18-27(39-19-22-13-14-23(20-39)40(22)32(43)45-33(2,3)4)36-31(37-28)29(35)24-10-8-16-34(30(24)42)15-7-6-12-26(34)41/h18,21-23,25,35,42H,6-17,19-20H2,1-5H3/t21-,22?,23?,25-,34+/m0/s1. The van der Waals surface area contributed by atoms with Crippen molar-refractivity contribution >= 4 is 23.4 Å². The van der Waals surface area contributed by atoms with Gasteiger partial charge in [0.25, 0.3) is 0 Å². The third-order valence-electron chi connectivity index (χ3n) is 10.6. The first-order valence-electron chi connectivity index (χ1n) is 16.9. The molecule has 45 heavy (non-hydrogen) atoms. The maximum atomic E-state index is 13.1. The number of likely N-dealkylation sites (N-methyl/N-ethyl adjacent to an activating group) is 1. The predicted molar refractivity (Wildman–Crippen MR) is 171 cm³/mol. The number of carbonyl (C=O) groups excluding carboxylic acids is 2. The maximum absolute atomic E-state index is 13.1. The van der Waals surface area contributed by atoms with E-state index in [1.165, 1.54) is 0 Å². The molecule has 1 amide bonds. The summed E-state index contributed by atoms with van der Waals surface area (Å²) < 4.78 is 12.2. The van der Waals surface area contributed by atoms with Gasteiger partial charge in [-0.25, -0.2) is 9.78 Å². The van der Waals surface area contributed by atoms with E-state index in [2.05, 4.69) is 23.8 Å². The molecular weight excluding hydrogens is 572 g/mol. The summed E-state index contributed by atoms with van der Waals surface area (Å²) in [5, 5.41) is 20.8. The van der Waals surface area contributed by atoms with Crippen LogP contribution in [0.2, 0.25) is 0 Å². The van der Waals surface area contributed by atoms with Gasteiger partial charge in [-0.1, -0.05) is 6.42 Å². The Morgan fingerprint density at radius 1 is 1.07 bits per heavy atom. The number of aliphatic hydroxyl groups is 1. The van der Waals surface area contributed by atoms with Crippen molar-refractivity contribution in [3.63, 3.8) is 0 Å². The molecule has 1 saturated carbocycles. The summed E-state index contributed by atoms with van der Waals surface area (Å²) in [6.45, 7) is 9.93. The van der Waals surface area contributed by atoms with Crippen LogP contribution >= 0.6 is 0 Å². The van der Waals surface area contributed by atoms with Crippen LogP contribution in [0.4, 0.5) is 10.6 Å². The molecule has 6 rings (SSSR count). The number of hydrogen-bond acceptors (Lipinski definition) is 10. The fourth-order valence-electron chi connectivity index (χ4n) is 8.32. The van der Waals surface area contributed by atoms with E-state index < -0.39 is 11.0 Å². The van der Waals surface area contributed by atoms with Crippen molar-refractivity contribution in [2.45, 2.75) is 128 Å². The maximum Gasteiger partial charge on any atom is 0.410 e. The van der Waals surface area contributed by atoms with Gasteiger partial charge < -0.3 is 19.5 Å². The van der Waals surface area contributed by atoms with Gasteiger partial charge >= 0.3 is 6.09 Å². The van der Waals surface area contributed by atoms with E-state index in [9.17, 15) is 20.1 Å². The number of rotatable bonds is 6. The van der Waals surface area contributed by atoms with Gasteiger partial charge in [0.05, 0.1) is 17.5 Å². The molecule has 1 aromatic heterocycles. The first-order chi connectivity index (χ1) is 21.4. The molecule has 5 aliphatic rings. The molecule has 2 N–H and O–H groups in total. The van der Waals surface area contributed by atoms with Crippen molar-refractivity contribution in [2.24, 2.45) is 5.41 Å². The van der Waals surface area contributed by atoms with Crippen molar-refractivity contribution in [3.8, 4) is 5.88 Å². The van der Waals surface area contributed by atoms with Crippen LogP contribution in [0.3, 0.4) is 0 Å². The lowest BCUT2D eigenvalue weighted by atomic mass is 9.64. The van der Waals surface area contributed by atoms with Gasteiger partial charge in [0.15, 0.2) is 5.82 Å². The number of carbonyl (C=O) groups is 2. The first-order valence-corrected chi connectivity index (χ1v) is 16.9. The summed E-state index contributed by atoms with van der Waals surface area (Å²) in [4.78, 5) is 42.3. The van der Waals surface area contributed by atoms with Gasteiger partial charge in [0, 0.05) is 37.2 Å². The highest BCUT2D eigenvalue weighted by molar-refractivity contribution is 6.09. The number of ether oxygens (including phenoxy) is 2. The fraction of sp³-hybridized carbons (Fsp3) is 0.735. The van der Waals surface area contributed by atoms with Gasteiger partial charge in [-0.3, -0.25) is 20.0 Å². The molecule has 246 valence electrons. The number of fused-ring (bicyclic) bond motifs is 2. The summed E-state index contributed by atoms with van der Waals surface area (Å²) in [7, 11) is 2.12. The third kappa shape index (κ3) is 6.16. The average Bonchev–Trinajstić information content (AvgIpc) is 3.54. The van der Waals surface area contributed by atoms with Crippen LogP contribution < -0.4 is 9.64 Å². The summed E-state index contributed by atoms with van der Waals surface area (Å²) in [5.41, 5.74) is -0.921. The molecule has 4 heterocycles. The number of ketones is 1. The zero-order valence-corrected chi connectivity index (χ0v) is 27.6. The molecule has 5 atom stereocenters. The Labute approximate surface area is 266 Å². The highest BCUT2D eigenvalue weighted by Crippen LogP contribution is 2.48. The van der Waals surface area contributed by atoms with E-state index in [-0.39, 0.29) is 53.4 Å². The second-order valence-corrected chi connectivity index (χ2v) is 14.8. The number of likely N-dealkylation sites (tertiary alicyclic amines) is 1. The van der Waals surface area contributed by atoms with Crippen LogP contribution in [0.25, 0.3) is 0 Å².